The van der Waals surface area contributed by atoms with Gasteiger partial charge in [0.25, 0.3) is 0 Å². The van der Waals surface area contributed by atoms with E-state index >= 15 is 0 Å². The summed E-state index contributed by atoms with van der Waals surface area (Å²) in [5.74, 6) is 4.63. The lowest BCUT2D eigenvalue weighted by Crippen LogP contribution is -2.26. The lowest BCUT2D eigenvalue weighted by molar-refractivity contribution is -0.132. The maximum absolute atomic E-state index is 10.8. The van der Waals surface area contributed by atoms with E-state index in [9.17, 15) is 4.79 Å². The van der Waals surface area contributed by atoms with Gasteiger partial charge in [-0.05, 0) is 17.2 Å². The lowest BCUT2D eigenvalue weighted by Gasteiger charge is -2.09. The number of hydrogen-bond acceptors (Lipinski definition) is 5. The van der Waals surface area contributed by atoms with Crippen molar-refractivity contribution in [3.05, 3.63) is 69.8 Å². The van der Waals surface area contributed by atoms with Crippen molar-refractivity contribution in [2.75, 3.05) is 0 Å². The number of nitrogens with one attached hydrogen (secondary N) is 1. The molecule has 0 radical (unpaired) electrons. The highest BCUT2D eigenvalue weighted by Gasteiger charge is 2.10. The Kier molecular flexibility index (Phi) is 5.92. The second-order valence-electron chi connectivity index (χ2n) is 4.66. The SMILES string of the molecule is NN/C(SCc1ccc(-c2ccccc2Cl)cc1)=C(\N)C(=O)O. The quantitative estimate of drug-likeness (QED) is 0.363. The molecule has 0 fully saturated rings. The second-order valence-corrected chi connectivity index (χ2v) is 6.05. The van der Waals surface area contributed by atoms with E-state index < -0.39 is 5.97 Å². The predicted octanol–water partition coefficient (Wildman–Crippen LogP) is 2.92. The molecule has 0 aliphatic carbocycles. The zero-order valence-corrected chi connectivity index (χ0v) is 13.7. The van der Waals surface area contributed by atoms with Gasteiger partial charge in [-0.3, -0.25) is 0 Å². The Labute approximate surface area is 143 Å². The van der Waals surface area contributed by atoms with E-state index in [0.29, 0.717) is 10.8 Å². The average Bonchev–Trinajstić information content (AvgIpc) is 2.56. The Morgan fingerprint density at radius 1 is 1.17 bits per heavy atom. The highest BCUT2D eigenvalue weighted by molar-refractivity contribution is 8.02. The summed E-state index contributed by atoms with van der Waals surface area (Å²) in [6.45, 7) is 0. The monoisotopic (exact) mass is 349 g/mol. The van der Waals surface area contributed by atoms with Crippen LogP contribution in [0.2, 0.25) is 5.02 Å². The minimum absolute atomic E-state index is 0.229. The molecule has 0 heterocycles. The summed E-state index contributed by atoms with van der Waals surface area (Å²) in [4.78, 5) is 10.8. The number of rotatable bonds is 6. The smallest absolute Gasteiger partial charge is 0.354 e. The maximum atomic E-state index is 10.8. The molecule has 0 aliphatic heterocycles. The summed E-state index contributed by atoms with van der Waals surface area (Å²) in [5.41, 5.74) is 10.5. The summed E-state index contributed by atoms with van der Waals surface area (Å²) in [5, 5.41) is 9.79. The van der Waals surface area contributed by atoms with Crippen molar-refractivity contribution < 1.29 is 9.90 Å². The molecule has 6 N–H and O–H groups in total. The molecule has 2 aromatic rings. The largest absolute Gasteiger partial charge is 0.477 e. The van der Waals surface area contributed by atoms with Gasteiger partial charge in [-0.2, -0.15) is 0 Å². The van der Waals surface area contributed by atoms with Crippen molar-refractivity contribution in [1.82, 2.24) is 5.43 Å². The van der Waals surface area contributed by atoms with Crippen LogP contribution in [0.5, 0.6) is 0 Å². The van der Waals surface area contributed by atoms with Gasteiger partial charge in [0.05, 0.1) is 0 Å². The number of aliphatic carboxylic acids is 1. The van der Waals surface area contributed by atoms with Gasteiger partial charge in [0.1, 0.15) is 10.7 Å². The van der Waals surface area contributed by atoms with Gasteiger partial charge < -0.3 is 16.3 Å². The molecule has 2 rings (SSSR count). The predicted molar refractivity (Wildman–Crippen MR) is 94.4 cm³/mol. The van der Waals surface area contributed by atoms with Crippen LogP contribution in [-0.2, 0) is 10.5 Å². The van der Waals surface area contributed by atoms with Gasteiger partial charge in [0.2, 0.25) is 0 Å². The molecule has 0 aromatic heterocycles. The topological polar surface area (TPSA) is 101 Å². The van der Waals surface area contributed by atoms with Crippen molar-refractivity contribution in [2.24, 2.45) is 11.6 Å². The van der Waals surface area contributed by atoms with Crippen molar-refractivity contribution >= 4 is 29.3 Å². The molecule has 23 heavy (non-hydrogen) atoms. The molecule has 0 saturated heterocycles. The van der Waals surface area contributed by atoms with Crippen LogP contribution in [-0.4, -0.2) is 11.1 Å². The van der Waals surface area contributed by atoms with Gasteiger partial charge in [-0.1, -0.05) is 54.1 Å². The third-order valence-electron chi connectivity index (χ3n) is 3.13. The average molecular weight is 350 g/mol. The van der Waals surface area contributed by atoms with E-state index in [2.05, 4.69) is 5.43 Å². The van der Waals surface area contributed by atoms with Crippen LogP contribution in [0.3, 0.4) is 0 Å². The molecule has 7 heteroatoms. The first-order chi connectivity index (χ1) is 11.0. The minimum Gasteiger partial charge on any atom is -0.477 e. The second kappa shape index (κ2) is 7.92. The fourth-order valence-electron chi connectivity index (χ4n) is 1.93. The number of carboxylic acid groups (broad SMARTS) is 1. The lowest BCUT2D eigenvalue weighted by atomic mass is 10.0. The molecule has 0 unspecified atom stereocenters. The van der Waals surface area contributed by atoms with E-state index in [1.807, 2.05) is 48.5 Å². The summed E-state index contributed by atoms with van der Waals surface area (Å²) in [6, 6.07) is 15.5. The number of nitrogens with two attached hydrogens (primary N) is 2. The number of hydrazine groups is 1. The maximum Gasteiger partial charge on any atom is 0.354 e. The third-order valence-corrected chi connectivity index (χ3v) is 4.56. The number of thioether (sulfide) groups is 1. The molecular weight excluding hydrogens is 334 g/mol. The van der Waals surface area contributed by atoms with Crippen LogP contribution in [0.4, 0.5) is 0 Å². The van der Waals surface area contributed by atoms with Crippen molar-refractivity contribution in [2.45, 2.75) is 5.75 Å². The summed E-state index contributed by atoms with van der Waals surface area (Å²) >= 11 is 7.41. The first-order valence-corrected chi connectivity index (χ1v) is 8.05. The van der Waals surface area contributed by atoms with Crippen LogP contribution in [0.15, 0.2) is 59.3 Å². The van der Waals surface area contributed by atoms with E-state index in [4.69, 9.17) is 28.3 Å². The summed E-state index contributed by atoms with van der Waals surface area (Å²) in [7, 11) is 0. The van der Waals surface area contributed by atoms with E-state index in [0.717, 1.165) is 16.7 Å². The first kappa shape index (κ1) is 17.2. The fraction of sp³-hybridized carbons (Fsp3) is 0.0625. The zero-order chi connectivity index (χ0) is 16.8. The molecule has 0 amide bonds. The highest BCUT2D eigenvalue weighted by atomic mass is 35.5. The van der Waals surface area contributed by atoms with Gasteiger partial charge in [-0.15, -0.1) is 11.8 Å². The Morgan fingerprint density at radius 2 is 1.83 bits per heavy atom. The number of benzene rings is 2. The van der Waals surface area contributed by atoms with E-state index in [1.54, 1.807) is 0 Å². The Bertz CT molecular complexity index is 732. The van der Waals surface area contributed by atoms with Gasteiger partial charge >= 0.3 is 5.97 Å². The molecule has 0 spiro atoms. The number of carboxylic acids is 1. The third kappa shape index (κ3) is 4.41. The van der Waals surface area contributed by atoms with Gasteiger partial charge in [-0.25, -0.2) is 10.6 Å². The summed E-state index contributed by atoms with van der Waals surface area (Å²) < 4.78 is 0. The van der Waals surface area contributed by atoms with Crippen molar-refractivity contribution in [1.29, 1.82) is 0 Å². The normalized spacial score (nSPS) is 11.7. The van der Waals surface area contributed by atoms with Crippen LogP contribution in [0.25, 0.3) is 11.1 Å². The van der Waals surface area contributed by atoms with Crippen LogP contribution < -0.4 is 17.0 Å². The zero-order valence-electron chi connectivity index (χ0n) is 12.1. The van der Waals surface area contributed by atoms with Crippen molar-refractivity contribution in [3.63, 3.8) is 0 Å². The Balaban J connectivity index is 2.11. The minimum atomic E-state index is -1.21. The van der Waals surface area contributed by atoms with Gasteiger partial charge in [0, 0.05) is 16.3 Å². The number of hydrogen-bond donors (Lipinski definition) is 4. The molecule has 0 bridgehead atoms. The molecule has 0 atom stereocenters. The van der Waals surface area contributed by atoms with Crippen molar-refractivity contribution in [3.8, 4) is 11.1 Å². The first-order valence-electron chi connectivity index (χ1n) is 6.69. The highest BCUT2D eigenvalue weighted by Crippen LogP contribution is 2.28. The molecule has 0 aliphatic rings. The van der Waals surface area contributed by atoms with Gasteiger partial charge in [0.15, 0.2) is 0 Å². The van der Waals surface area contributed by atoms with Crippen LogP contribution >= 0.6 is 23.4 Å². The molecule has 0 saturated carbocycles. The molecule has 120 valence electrons. The van der Waals surface area contributed by atoms with E-state index in [1.165, 1.54) is 11.8 Å². The van der Waals surface area contributed by atoms with Crippen LogP contribution in [0, 0.1) is 0 Å². The molecular formula is C16H16ClN3O2S. The fourth-order valence-corrected chi connectivity index (χ4v) is 3.00. The Morgan fingerprint density at radius 3 is 2.39 bits per heavy atom. The summed E-state index contributed by atoms with van der Waals surface area (Å²) in [6.07, 6.45) is 0. The number of halogens is 1. The Hall–Kier alpha value is -2.15. The molecule has 2 aromatic carbocycles. The van der Waals surface area contributed by atoms with Crippen LogP contribution in [0.1, 0.15) is 5.56 Å². The standard InChI is InChI=1S/C16H16ClN3O2S/c17-13-4-2-1-3-12(13)11-7-5-10(6-8-11)9-23-15(20-19)14(18)16(21)22/h1-8,20H,9,18-19H2,(H,21,22)/b15-14+. The number of carbonyl (C=O) groups is 1. The molecule has 5 nitrogen and oxygen atoms in total. The van der Waals surface area contributed by atoms with E-state index in [-0.39, 0.29) is 10.7 Å².